The van der Waals surface area contributed by atoms with Gasteiger partial charge in [0.25, 0.3) is 0 Å². The van der Waals surface area contributed by atoms with Gasteiger partial charge in [0, 0.05) is 92.3 Å². The summed E-state index contributed by atoms with van der Waals surface area (Å²) >= 11 is 6.32. The van der Waals surface area contributed by atoms with Gasteiger partial charge in [0.2, 0.25) is 0 Å². The third kappa shape index (κ3) is 12.4. The van der Waals surface area contributed by atoms with Crippen molar-refractivity contribution in [1.82, 2.24) is 29.9 Å². The average molecular weight is 1610 g/mol. The summed E-state index contributed by atoms with van der Waals surface area (Å²) in [5.41, 5.74) is 26.5. The van der Waals surface area contributed by atoms with Crippen molar-refractivity contribution in [1.29, 1.82) is 0 Å². The molecule has 0 N–H and O–H groups in total. The summed E-state index contributed by atoms with van der Waals surface area (Å²) in [4.78, 5) is 30.0. The molecule has 2 saturated carbocycles. The van der Waals surface area contributed by atoms with Crippen molar-refractivity contribution in [3.63, 3.8) is 0 Å². The van der Waals surface area contributed by atoms with Gasteiger partial charge in [-0.2, -0.15) is 0 Å². The molecule has 590 valence electrons. The molecule has 3 fully saturated rings. The first kappa shape index (κ1) is 73.7. The second-order valence-corrected chi connectivity index (χ2v) is 34.9. The number of aromatic nitrogens is 6. The van der Waals surface area contributed by atoms with E-state index in [4.69, 9.17) is 68.5 Å². The molecule has 1 saturated heterocycles. The van der Waals surface area contributed by atoms with E-state index in [0.717, 1.165) is 132 Å². The SMILES string of the molecule is CC1(C)OB(c2ccc3c(c2)-c2ccccc2C32CCCCC2)OC1(C)C.Clc1cccc(-c2nc(-c3ccc4c(c3)oc3ccccc34)nc(-c3ccc4c(c3)oc3ccccc34)n2)c1.c1cc(-c2ccc3c(c2)-c2ccccc2C32CCCCC2)cc(-c2nc(-c3ccc4c(c3)oc3ccccc34)nc(-c3ccc4c(c3)oc3ccccc34)n2)c1. The molecule has 5 aliphatic rings. The molecule has 0 atom stereocenters. The topological polar surface area (TPSA) is 148 Å². The lowest BCUT2D eigenvalue weighted by molar-refractivity contribution is 0.00578. The monoisotopic (exact) mass is 1600 g/mol. The van der Waals surface area contributed by atoms with Crippen LogP contribution in [0.3, 0.4) is 0 Å². The van der Waals surface area contributed by atoms with Gasteiger partial charge in [-0.1, -0.05) is 256 Å². The van der Waals surface area contributed by atoms with Gasteiger partial charge in [-0.15, -0.1) is 0 Å². The molecule has 6 aromatic heterocycles. The maximum absolute atomic E-state index is 6.32. The van der Waals surface area contributed by atoms with Gasteiger partial charge in [-0.3, -0.25) is 0 Å². The van der Waals surface area contributed by atoms with Gasteiger partial charge < -0.3 is 27.0 Å². The Hall–Kier alpha value is -13.4. The molecule has 25 rings (SSSR count). The van der Waals surface area contributed by atoms with Gasteiger partial charge in [0.1, 0.15) is 44.7 Å². The van der Waals surface area contributed by atoms with E-state index in [1.165, 1.54) is 114 Å². The normalized spacial score (nSPS) is 15.8. The van der Waals surface area contributed by atoms with Crippen LogP contribution < -0.4 is 5.46 Å². The van der Waals surface area contributed by atoms with Crippen LogP contribution in [0, 0.1) is 0 Å². The van der Waals surface area contributed by atoms with Crippen LogP contribution in [0.1, 0.15) is 114 Å². The van der Waals surface area contributed by atoms with E-state index < -0.39 is 0 Å². The molecule has 2 spiro atoms. The Morgan fingerprint density at radius 2 is 0.549 bits per heavy atom. The van der Waals surface area contributed by atoms with Crippen molar-refractivity contribution in [3.05, 3.63) is 331 Å². The summed E-state index contributed by atoms with van der Waals surface area (Å²) in [7, 11) is -0.296. The molecule has 122 heavy (non-hydrogen) atoms. The van der Waals surface area contributed by atoms with Gasteiger partial charge in [0.05, 0.1) is 11.2 Å². The van der Waals surface area contributed by atoms with Crippen LogP contribution in [0.2, 0.25) is 5.02 Å². The highest BCUT2D eigenvalue weighted by Gasteiger charge is 2.53. The number of halogens is 1. The summed E-state index contributed by atoms with van der Waals surface area (Å²) in [6.45, 7) is 8.47. The number of hydrogen-bond acceptors (Lipinski definition) is 12. The smallest absolute Gasteiger partial charge is 0.456 e. The molecular formula is C108H82BClN6O6. The van der Waals surface area contributed by atoms with Crippen LogP contribution in [-0.2, 0) is 20.1 Å². The molecule has 1 aliphatic heterocycles. The molecule has 0 amide bonds. The quantitative estimate of drug-likeness (QED) is 0.133. The van der Waals surface area contributed by atoms with Crippen LogP contribution >= 0.6 is 11.6 Å². The average Bonchev–Trinajstić information content (AvgIpc) is 1.56. The van der Waals surface area contributed by atoms with E-state index in [1.54, 1.807) is 0 Å². The fraction of sp³-hybridized carbons (Fsp3) is 0.167. The van der Waals surface area contributed by atoms with Crippen LogP contribution in [0.5, 0.6) is 0 Å². The molecule has 20 aromatic rings. The molecule has 0 radical (unpaired) electrons. The first-order valence-corrected chi connectivity index (χ1v) is 43.0. The maximum Gasteiger partial charge on any atom is 0.494 e. The zero-order valence-corrected chi connectivity index (χ0v) is 68.8. The summed E-state index contributed by atoms with van der Waals surface area (Å²) in [5.74, 6) is 3.38. The number of benzene rings is 14. The molecule has 0 bridgehead atoms. The molecular weight excluding hydrogens is 1520 g/mol. The predicted molar refractivity (Wildman–Crippen MR) is 493 cm³/mol. The van der Waals surface area contributed by atoms with E-state index in [2.05, 4.69) is 198 Å². The van der Waals surface area contributed by atoms with E-state index in [9.17, 15) is 0 Å². The van der Waals surface area contributed by atoms with Crippen molar-refractivity contribution >= 4 is 112 Å². The molecule has 0 unspecified atom stereocenters. The van der Waals surface area contributed by atoms with E-state index in [1.807, 2.05) is 133 Å². The van der Waals surface area contributed by atoms with Crippen LogP contribution in [0.4, 0.5) is 0 Å². The van der Waals surface area contributed by atoms with Crippen molar-refractivity contribution in [2.24, 2.45) is 0 Å². The minimum atomic E-state index is -0.306. The van der Waals surface area contributed by atoms with Crippen LogP contribution in [0.25, 0.3) is 189 Å². The summed E-state index contributed by atoms with van der Waals surface area (Å²) in [6, 6.07) is 105. The van der Waals surface area contributed by atoms with E-state index in [0.29, 0.717) is 40.0 Å². The van der Waals surface area contributed by atoms with Crippen molar-refractivity contribution in [2.75, 3.05) is 0 Å². The number of fused-ring (bicyclic) bond motifs is 22. The highest BCUT2D eigenvalue weighted by Crippen LogP contribution is 2.58. The number of furan rings is 4. The highest BCUT2D eigenvalue weighted by atomic mass is 35.5. The highest BCUT2D eigenvalue weighted by molar-refractivity contribution is 6.62. The molecule has 7 heterocycles. The van der Waals surface area contributed by atoms with Crippen molar-refractivity contribution in [2.45, 2.75) is 114 Å². The summed E-state index contributed by atoms with van der Waals surface area (Å²) in [6.07, 6.45) is 12.9. The largest absolute Gasteiger partial charge is 0.494 e. The van der Waals surface area contributed by atoms with E-state index >= 15 is 0 Å². The Labute approximate surface area is 710 Å². The van der Waals surface area contributed by atoms with Crippen LogP contribution in [0.15, 0.2) is 321 Å². The van der Waals surface area contributed by atoms with E-state index in [-0.39, 0.29) is 29.2 Å². The molecule has 14 heteroatoms. The Balaban J connectivity index is 0.000000114. The second kappa shape index (κ2) is 28.9. The first-order valence-electron chi connectivity index (χ1n) is 42.6. The Kier molecular flexibility index (Phi) is 17.5. The lowest BCUT2D eigenvalue weighted by Gasteiger charge is -2.36. The third-order valence-electron chi connectivity index (χ3n) is 26.9. The fourth-order valence-corrected chi connectivity index (χ4v) is 20.3. The van der Waals surface area contributed by atoms with Gasteiger partial charge in [-0.05, 0) is 212 Å². The second-order valence-electron chi connectivity index (χ2n) is 34.5. The van der Waals surface area contributed by atoms with Gasteiger partial charge in [-0.25, -0.2) is 29.9 Å². The van der Waals surface area contributed by atoms with Crippen molar-refractivity contribution in [3.8, 4) is 102 Å². The number of para-hydroxylation sites is 4. The third-order valence-corrected chi connectivity index (χ3v) is 27.1. The lowest BCUT2D eigenvalue weighted by atomic mass is 9.67. The predicted octanol–water partition coefficient (Wildman–Crippen LogP) is 28.1. The zero-order chi connectivity index (χ0) is 81.6. The lowest BCUT2D eigenvalue weighted by Crippen LogP contribution is -2.41. The molecule has 4 aliphatic carbocycles. The first-order chi connectivity index (χ1) is 59.7. The van der Waals surface area contributed by atoms with Gasteiger partial charge in [0.15, 0.2) is 34.9 Å². The maximum atomic E-state index is 6.32. The molecule has 12 nitrogen and oxygen atoms in total. The molecule has 14 aromatic carbocycles. The zero-order valence-electron chi connectivity index (χ0n) is 68.0. The minimum absolute atomic E-state index is 0.138. The number of hydrogen-bond donors (Lipinski definition) is 0. The summed E-state index contributed by atoms with van der Waals surface area (Å²) in [5, 5.41) is 9.17. The van der Waals surface area contributed by atoms with Crippen molar-refractivity contribution < 1.29 is 27.0 Å². The Bertz CT molecular complexity index is 7350. The van der Waals surface area contributed by atoms with Crippen LogP contribution in [-0.4, -0.2) is 48.2 Å². The fourth-order valence-electron chi connectivity index (χ4n) is 20.1. The minimum Gasteiger partial charge on any atom is -0.456 e. The number of rotatable bonds is 8. The standard InChI is InChI=1S/C51H35N3O2.C33H18ClN3O2.C24H29BO2/c1-8-25-51(26-9-1)42-16-5-2-13-36(42)41-28-32(21-24-43(41)51)31-11-10-12-33(27-31)48-52-49(34-19-22-39-37-14-3-6-17-44(37)55-46(39)29-34)54-50(53-48)35-20-23-40-38-15-4-7-18-45(38)56-47(40)30-35;34-22-7-5-6-19(16-22)31-35-32(20-12-14-25-23-8-1-3-10-27(23)38-29(25)17-20)37-33(36-31)21-13-15-26-24-9-2-4-11-28(24)39-30(26)18-21;1-22(2)23(3,4)27-25(26-22)17-12-13-21-19(16-17)18-10-6-7-11-20(18)24(21)14-8-5-9-15-24/h2-7,10-24,27-30H,1,8-9,25-26H2;1-18H;6-7,10-13,16H,5,8-9,14-15H2,1-4H3. The summed E-state index contributed by atoms with van der Waals surface area (Å²) < 4.78 is 37.5. The van der Waals surface area contributed by atoms with Gasteiger partial charge >= 0.3 is 7.12 Å². The number of nitrogens with zero attached hydrogens (tertiary/aromatic N) is 6. The Morgan fingerprint density at radius 1 is 0.246 bits per heavy atom. The Morgan fingerprint density at radius 3 is 0.951 bits per heavy atom.